The predicted octanol–water partition coefficient (Wildman–Crippen LogP) is 2.66. The summed E-state index contributed by atoms with van der Waals surface area (Å²) in [5.74, 6) is 0.847. The van der Waals surface area contributed by atoms with E-state index in [0.29, 0.717) is 5.56 Å². The molecule has 2 aromatic rings. The highest BCUT2D eigenvalue weighted by atomic mass is 16.5. The van der Waals surface area contributed by atoms with Crippen molar-refractivity contribution in [3.05, 3.63) is 53.2 Å². The third-order valence-corrected chi connectivity index (χ3v) is 4.70. The predicted molar refractivity (Wildman–Crippen MR) is 93.7 cm³/mol. The highest BCUT2D eigenvalue weighted by molar-refractivity contribution is 6.04. The lowest BCUT2D eigenvalue weighted by Gasteiger charge is -2.27. The van der Waals surface area contributed by atoms with Crippen molar-refractivity contribution in [3.8, 4) is 0 Å². The molecule has 124 valence electrons. The van der Waals surface area contributed by atoms with Gasteiger partial charge in [-0.05, 0) is 54.7 Å². The Morgan fingerprint density at radius 3 is 2.71 bits per heavy atom. The van der Waals surface area contributed by atoms with Crippen molar-refractivity contribution in [2.45, 2.75) is 19.3 Å². The summed E-state index contributed by atoms with van der Waals surface area (Å²) in [4.78, 5) is 19.1. The Morgan fingerprint density at radius 1 is 1.08 bits per heavy atom. The summed E-state index contributed by atoms with van der Waals surface area (Å²) < 4.78 is 5.35. The number of amides is 1. The minimum absolute atomic E-state index is 0.0781. The number of hydrogen-bond acceptors (Lipinski definition) is 4. The fourth-order valence-corrected chi connectivity index (χ4v) is 3.36. The lowest BCUT2D eigenvalue weighted by Crippen LogP contribution is -2.36. The number of pyridine rings is 1. The molecule has 0 saturated carbocycles. The van der Waals surface area contributed by atoms with Gasteiger partial charge >= 0.3 is 0 Å². The van der Waals surface area contributed by atoms with Crippen LogP contribution in [0.3, 0.4) is 0 Å². The van der Waals surface area contributed by atoms with E-state index in [-0.39, 0.29) is 5.91 Å². The molecule has 0 radical (unpaired) electrons. The molecule has 24 heavy (non-hydrogen) atoms. The maximum Gasteiger partial charge on any atom is 0.255 e. The molecule has 1 N–H and O–H groups in total. The number of aryl methyl sites for hydroxylation is 2. The van der Waals surface area contributed by atoms with Crippen molar-refractivity contribution in [1.82, 2.24) is 4.98 Å². The van der Waals surface area contributed by atoms with Gasteiger partial charge in [-0.1, -0.05) is 6.07 Å². The van der Waals surface area contributed by atoms with Crippen LogP contribution < -0.4 is 10.2 Å². The first-order valence-corrected chi connectivity index (χ1v) is 8.51. The summed E-state index contributed by atoms with van der Waals surface area (Å²) in [5, 5.41) is 2.93. The maximum atomic E-state index is 12.4. The number of aromatic nitrogens is 1. The Balaban J connectivity index is 1.44. The number of ether oxygens (including phenoxy) is 1. The van der Waals surface area contributed by atoms with Gasteiger partial charge in [-0.15, -0.1) is 0 Å². The van der Waals surface area contributed by atoms with Crippen LogP contribution >= 0.6 is 0 Å². The number of fused-ring (bicyclic) bond motifs is 1. The first kappa shape index (κ1) is 15.1. The fourth-order valence-electron chi connectivity index (χ4n) is 3.36. The number of rotatable bonds is 3. The molecule has 0 unspecified atom stereocenters. The third kappa shape index (κ3) is 3.12. The second kappa shape index (κ2) is 6.61. The monoisotopic (exact) mass is 323 g/mol. The zero-order valence-electron chi connectivity index (χ0n) is 13.6. The number of hydrogen-bond donors (Lipinski definition) is 1. The molecule has 0 bridgehead atoms. The highest BCUT2D eigenvalue weighted by Gasteiger charge is 2.15. The van der Waals surface area contributed by atoms with E-state index in [9.17, 15) is 4.79 Å². The average Bonchev–Trinajstić information content (AvgIpc) is 3.11. The van der Waals surface area contributed by atoms with E-state index in [1.165, 1.54) is 17.5 Å². The second-order valence-corrected chi connectivity index (χ2v) is 6.30. The summed E-state index contributed by atoms with van der Waals surface area (Å²) in [6, 6.07) is 9.87. The Hall–Kier alpha value is -2.40. The minimum atomic E-state index is -0.0781. The van der Waals surface area contributed by atoms with Crippen molar-refractivity contribution in [1.29, 1.82) is 0 Å². The van der Waals surface area contributed by atoms with Crippen LogP contribution in [0.1, 0.15) is 27.9 Å². The van der Waals surface area contributed by atoms with Crippen LogP contribution in [-0.2, 0) is 17.6 Å². The Morgan fingerprint density at radius 2 is 1.92 bits per heavy atom. The molecule has 1 aromatic carbocycles. The van der Waals surface area contributed by atoms with E-state index in [0.717, 1.165) is 50.7 Å². The zero-order valence-corrected chi connectivity index (χ0v) is 13.6. The number of benzene rings is 1. The topological polar surface area (TPSA) is 54.5 Å². The van der Waals surface area contributed by atoms with Crippen LogP contribution in [0, 0.1) is 0 Å². The van der Waals surface area contributed by atoms with E-state index >= 15 is 0 Å². The molecule has 1 fully saturated rings. The van der Waals surface area contributed by atoms with E-state index in [4.69, 9.17) is 4.74 Å². The van der Waals surface area contributed by atoms with Gasteiger partial charge in [-0.25, -0.2) is 4.98 Å². The lowest BCUT2D eigenvalue weighted by atomic mass is 10.1. The van der Waals surface area contributed by atoms with Gasteiger partial charge in [0.15, 0.2) is 0 Å². The molecule has 0 atom stereocenters. The SMILES string of the molecule is O=C(Nc1ccc(N2CCOCC2)nc1)c1ccc2c(c1)CCC2. The first-order chi connectivity index (χ1) is 11.8. The third-order valence-electron chi connectivity index (χ3n) is 4.70. The van der Waals surface area contributed by atoms with E-state index in [1.54, 1.807) is 6.20 Å². The summed E-state index contributed by atoms with van der Waals surface area (Å²) in [6.07, 6.45) is 5.11. The molecule has 5 heteroatoms. The number of carbonyl (C=O) groups is 1. The summed E-state index contributed by atoms with van der Waals surface area (Å²) in [7, 11) is 0. The summed E-state index contributed by atoms with van der Waals surface area (Å²) in [5.41, 5.74) is 4.12. The molecule has 1 aromatic heterocycles. The molecule has 5 nitrogen and oxygen atoms in total. The molecule has 1 aliphatic heterocycles. The van der Waals surface area contributed by atoms with Crippen LogP contribution in [-0.4, -0.2) is 37.2 Å². The van der Waals surface area contributed by atoms with Gasteiger partial charge in [0.1, 0.15) is 5.82 Å². The van der Waals surface area contributed by atoms with E-state index < -0.39 is 0 Å². The van der Waals surface area contributed by atoms with Crippen LogP contribution in [0.5, 0.6) is 0 Å². The van der Waals surface area contributed by atoms with Gasteiger partial charge in [-0.3, -0.25) is 4.79 Å². The first-order valence-electron chi connectivity index (χ1n) is 8.51. The van der Waals surface area contributed by atoms with Crippen LogP contribution in [0.2, 0.25) is 0 Å². The van der Waals surface area contributed by atoms with Gasteiger partial charge in [0.25, 0.3) is 5.91 Å². The molecule has 1 saturated heterocycles. The van der Waals surface area contributed by atoms with Crippen molar-refractivity contribution in [2.24, 2.45) is 0 Å². The van der Waals surface area contributed by atoms with Crippen LogP contribution in [0.15, 0.2) is 36.5 Å². The fraction of sp³-hybridized carbons (Fsp3) is 0.368. The Bertz CT molecular complexity index is 737. The summed E-state index contributed by atoms with van der Waals surface area (Å²) >= 11 is 0. The number of morpholine rings is 1. The molecule has 4 rings (SSSR count). The Kier molecular flexibility index (Phi) is 4.17. The molecule has 1 aliphatic carbocycles. The van der Waals surface area contributed by atoms with E-state index in [1.807, 2.05) is 24.3 Å². The molecular formula is C19H21N3O2. The number of nitrogens with zero attached hydrogens (tertiary/aromatic N) is 2. The quantitative estimate of drug-likeness (QED) is 0.943. The van der Waals surface area contributed by atoms with Gasteiger partial charge in [-0.2, -0.15) is 0 Å². The second-order valence-electron chi connectivity index (χ2n) is 6.30. The van der Waals surface area contributed by atoms with Gasteiger partial charge < -0.3 is 15.0 Å². The standard InChI is InChI=1S/C19H21N3O2/c23-19(16-5-4-14-2-1-3-15(14)12-16)21-17-6-7-18(20-13-17)22-8-10-24-11-9-22/h4-7,12-13H,1-3,8-11H2,(H,21,23). The van der Waals surface area contributed by atoms with Gasteiger partial charge in [0, 0.05) is 18.7 Å². The van der Waals surface area contributed by atoms with Crippen LogP contribution in [0.4, 0.5) is 11.5 Å². The smallest absolute Gasteiger partial charge is 0.255 e. The zero-order chi connectivity index (χ0) is 16.4. The minimum Gasteiger partial charge on any atom is -0.378 e. The van der Waals surface area contributed by atoms with Crippen molar-refractivity contribution >= 4 is 17.4 Å². The normalized spacial score (nSPS) is 16.8. The van der Waals surface area contributed by atoms with Crippen LogP contribution in [0.25, 0.3) is 0 Å². The van der Waals surface area contributed by atoms with Gasteiger partial charge in [0.05, 0.1) is 25.1 Å². The molecule has 1 amide bonds. The molecule has 2 heterocycles. The largest absolute Gasteiger partial charge is 0.378 e. The lowest BCUT2D eigenvalue weighted by molar-refractivity contribution is 0.102. The number of nitrogens with one attached hydrogen (secondary N) is 1. The van der Waals surface area contributed by atoms with Crippen molar-refractivity contribution in [2.75, 3.05) is 36.5 Å². The van der Waals surface area contributed by atoms with Crippen molar-refractivity contribution in [3.63, 3.8) is 0 Å². The average molecular weight is 323 g/mol. The van der Waals surface area contributed by atoms with E-state index in [2.05, 4.69) is 21.3 Å². The number of anilines is 2. The van der Waals surface area contributed by atoms with Gasteiger partial charge in [0.2, 0.25) is 0 Å². The maximum absolute atomic E-state index is 12.4. The summed E-state index contributed by atoms with van der Waals surface area (Å²) in [6.45, 7) is 3.18. The molecule has 0 spiro atoms. The Labute approximate surface area is 141 Å². The number of carbonyl (C=O) groups excluding carboxylic acids is 1. The van der Waals surface area contributed by atoms with Crippen molar-refractivity contribution < 1.29 is 9.53 Å². The molecule has 2 aliphatic rings. The highest BCUT2D eigenvalue weighted by Crippen LogP contribution is 2.23. The molecular weight excluding hydrogens is 302 g/mol.